The molecule has 6 nitrogen and oxygen atoms in total. The van der Waals surface area contributed by atoms with E-state index >= 15 is 0 Å². The van der Waals surface area contributed by atoms with Crippen LogP contribution in [0.25, 0.3) is 0 Å². The minimum absolute atomic E-state index is 0.109. The van der Waals surface area contributed by atoms with Gasteiger partial charge in [-0.3, -0.25) is 19.7 Å². The molecule has 1 aromatic carbocycles. The van der Waals surface area contributed by atoms with Crippen molar-refractivity contribution in [3.63, 3.8) is 0 Å². The Morgan fingerprint density at radius 1 is 1.17 bits per heavy atom. The van der Waals surface area contributed by atoms with Crippen molar-refractivity contribution in [1.29, 1.82) is 0 Å². The Labute approximate surface area is 142 Å². The van der Waals surface area contributed by atoms with Crippen molar-refractivity contribution in [3.05, 3.63) is 53.3 Å². The summed E-state index contributed by atoms with van der Waals surface area (Å²) in [5.41, 5.74) is 2.72. The number of aromatic amines is 1. The maximum Gasteiger partial charge on any atom is 0.271 e. The molecule has 1 aliphatic rings. The second-order valence-corrected chi connectivity index (χ2v) is 6.30. The van der Waals surface area contributed by atoms with Crippen LogP contribution in [-0.4, -0.2) is 65.2 Å². The van der Waals surface area contributed by atoms with Crippen LogP contribution < -0.4 is 5.32 Å². The minimum atomic E-state index is -0.109. The molecule has 0 unspecified atom stereocenters. The van der Waals surface area contributed by atoms with Crippen LogP contribution in [0.15, 0.2) is 36.4 Å². The van der Waals surface area contributed by atoms with Crippen molar-refractivity contribution >= 4 is 5.91 Å². The molecule has 6 heteroatoms. The highest BCUT2D eigenvalue weighted by Crippen LogP contribution is 2.08. The van der Waals surface area contributed by atoms with E-state index in [-0.39, 0.29) is 5.91 Å². The molecule has 0 spiro atoms. The van der Waals surface area contributed by atoms with Crippen LogP contribution in [-0.2, 0) is 6.54 Å². The summed E-state index contributed by atoms with van der Waals surface area (Å²) < 4.78 is 0. The largest absolute Gasteiger partial charge is 0.349 e. The number of rotatable bonds is 6. The molecule has 1 saturated heterocycles. The number of piperazine rings is 1. The fraction of sp³-hybridized carbons (Fsp3) is 0.444. The Hall–Kier alpha value is -2.18. The van der Waals surface area contributed by atoms with Gasteiger partial charge in [-0.15, -0.1) is 0 Å². The second kappa shape index (κ2) is 8.08. The number of hydrogen-bond acceptors (Lipinski definition) is 4. The Morgan fingerprint density at radius 3 is 2.54 bits per heavy atom. The summed E-state index contributed by atoms with van der Waals surface area (Å²) in [6.07, 6.45) is 0. The van der Waals surface area contributed by atoms with Crippen molar-refractivity contribution in [2.24, 2.45) is 0 Å². The van der Waals surface area contributed by atoms with Crippen molar-refractivity contribution in [2.45, 2.75) is 13.5 Å². The van der Waals surface area contributed by atoms with Gasteiger partial charge in [-0.25, -0.2) is 0 Å². The molecule has 2 N–H and O–H groups in total. The molecule has 2 aromatic rings. The van der Waals surface area contributed by atoms with E-state index in [1.165, 1.54) is 5.56 Å². The number of nitrogens with one attached hydrogen (secondary N) is 2. The van der Waals surface area contributed by atoms with Gasteiger partial charge in [0.2, 0.25) is 0 Å². The molecule has 1 amide bonds. The zero-order chi connectivity index (χ0) is 16.8. The first kappa shape index (κ1) is 16.7. The van der Waals surface area contributed by atoms with E-state index in [2.05, 4.69) is 55.6 Å². The number of aromatic nitrogens is 2. The number of carbonyl (C=O) groups excluding carboxylic acids is 1. The van der Waals surface area contributed by atoms with Crippen molar-refractivity contribution in [2.75, 3.05) is 39.3 Å². The van der Waals surface area contributed by atoms with Crippen LogP contribution in [0.1, 0.15) is 21.7 Å². The third-order valence-corrected chi connectivity index (χ3v) is 4.37. The monoisotopic (exact) mass is 327 g/mol. The van der Waals surface area contributed by atoms with Crippen molar-refractivity contribution < 1.29 is 4.79 Å². The quantitative estimate of drug-likeness (QED) is 0.838. The highest BCUT2D eigenvalue weighted by molar-refractivity contribution is 5.92. The molecule has 3 rings (SSSR count). The molecule has 0 bridgehead atoms. The first-order valence-electron chi connectivity index (χ1n) is 8.49. The molecule has 1 fully saturated rings. The van der Waals surface area contributed by atoms with E-state index in [0.717, 1.165) is 45.0 Å². The summed E-state index contributed by atoms with van der Waals surface area (Å²) >= 11 is 0. The van der Waals surface area contributed by atoms with Crippen LogP contribution in [0.3, 0.4) is 0 Å². The third kappa shape index (κ3) is 4.66. The highest BCUT2D eigenvalue weighted by Gasteiger charge is 2.17. The smallest absolute Gasteiger partial charge is 0.271 e. The molecule has 0 radical (unpaired) electrons. The number of benzene rings is 1. The third-order valence-electron chi connectivity index (χ3n) is 4.37. The SMILES string of the molecule is Cc1cc(C(=O)NCCN2CCN(Cc3ccccc3)CC2)n[nH]1. The van der Waals surface area contributed by atoms with Crippen LogP contribution in [0, 0.1) is 6.92 Å². The molecular formula is C18H25N5O. The van der Waals surface area contributed by atoms with E-state index in [4.69, 9.17) is 0 Å². The average Bonchev–Trinajstić information content (AvgIpc) is 3.04. The molecule has 2 heterocycles. The van der Waals surface area contributed by atoms with Gasteiger partial charge in [-0.05, 0) is 18.6 Å². The normalized spacial score (nSPS) is 16.2. The molecule has 0 aliphatic carbocycles. The van der Waals surface area contributed by atoms with Gasteiger partial charge in [0.25, 0.3) is 5.91 Å². The lowest BCUT2D eigenvalue weighted by Gasteiger charge is -2.34. The van der Waals surface area contributed by atoms with Gasteiger partial charge >= 0.3 is 0 Å². The first-order chi connectivity index (χ1) is 11.7. The fourth-order valence-electron chi connectivity index (χ4n) is 2.97. The Kier molecular flexibility index (Phi) is 5.61. The summed E-state index contributed by atoms with van der Waals surface area (Å²) in [4.78, 5) is 16.8. The predicted octanol–water partition coefficient (Wildman–Crippen LogP) is 1.27. The van der Waals surface area contributed by atoms with Gasteiger partial charge in [0.1, 0.15) is 5.69 Å². The average molecular weight is 327 g/mol. The maximum atomic E-state index is 11.9. The van der Waals surface area contributed by atoms with Gasteiger partial charge in [0.15, 0.2) is 0 Å². The number of nitrogens with zero attached hydrogens (tertiary/aromatic N) is 3. The van der Waals surface area contributed by atoms with Gasteiger partial charge in [-0.2, -0.15) is 5.10 Å². The van der Waals surface area contributed by atoms with Gasteiger partial charge in [0.05, 0.1) is 0 Å². The van der Waals surface area contributed by atoms with Gasteiger partial charge < -0.3 is 5.32 Å². The lowest BCUT2D eigenvalue weighted by atomic mass is 10.2. The Bertz CT molecular complexity index is 646. The van der Waals surface area contributed by atoms with E-state index in [0.29, 0.717) is 12.2 Å². The summed E-state index contributed by atoms with van der Waals surface area (Å²) in [6, 6.07) is 12.4. The number of carbonyl (C=O) groups is 1. The predicted molar refractivity (Wildman–Crippen MR) is 93.8 cm³/mol. The van der Waals surface area contributed by atoms with Crippen LogP contribution >= 0.6 is 0 Å². The topological polar surface area (TPSA) is 64.3 Å². The van der Waals surface area contributed by atoms with Crippen molar-refractivity contribution in [1.82, 2.24) is 25.3 Å². The fourth-order valence-corrected chi connectivity index (χ4v) is 2.97. The summed E-state index contributed by atoms with van der Waals surface area (Å²) in [7, 11) is 0. The zero-order valence-corrected chi connectivity index (χ0v) is 14.2. The van der Waals surface area contributed by atoms with Crippen molar-refractivity contribution in [3.8, 4) is 0 Å². The molecule has 128 valence electrons. The van der Waals surface area contributed by atoms with Gasteiger partial charge in [-0.1, -0.05) is 30.3 Å². The first-order valence-corrected chi connectivity index (χ1v) is 8.49. The van der Waals surface area contributed by atoms with E-state index in [9.17, 15) is 4.79 Å². The number of H-pyrrole nitrogens is 1. The summed E-state index contributed by atoms with van der Waals surface area (Å²) in [6.45, 7) is 8.68. The second-order valence-electron chi connectivity index (χ2n) is 6.30. The zero-order valence-electron chi connectivity index (χ0n) is 14.2. The van der Waals surface area contributed by atoms with E-state index in [1.54, 1.807) is 6.07 Å². The van der Waals surface area contributed by atoms with Crippen LogP contribution in [0.5, 0.6) is 0 Å². The number of hydrogen-bond donors (Lipinski definition) is 2. The molecule has 0 saturated carbocycles. The highest BCUT2D eigenvalue weighted by atomic mass is 16.1. The number of aryl methyl sites for hydroxylation is 1. The standard InChI is InChI=1S/C18H25N5O/c1-15-13-17(21-20-15)18(24)19-7-8-22-9-11-23(12-10-22)14-16-5-3-2-4-6-16/h2-6,13H,7-12,14H2,1H3,(H,19,24)(H,20,21). The van der Waals surface area contributed by atoms with Gasteiger partial charge in [0, 0.05) is 51.5 Å². The molecule has 1 aliphatic heterocycles. The molecule has 1 aromatic heterocycles. The van der Waals surface area contributed by atoms with E-state index < -0.39 is 0 Å². The Morgan fingerprint density at radius 2 is 1.88 bits per heavy atom. The van der Waals surface area contributed by atoms with Crippen LogP contribution in [0.4, 0.5) is 0 Å². The maximum absolute atomic E-state index is 11.9. The summed E-state index contributed by atoms with van der Waals surface area (Å²) in [5, 5.41) is 9.69. The lowest BCUT2D eigenvalue weighted by Crippen LogP contribution is -2.48. The number of amides is 1. The minimum Gasteiger partial charge on any atom is -0.349 e. The molecule has 24 heavy (non-hydrogen) atoms. The van der Waals surface area contributed by atoms with E-state index in [1.807, 2.05) is 6.92 Å². The molecule has 0 atom stereocenters. The van der Waals surface area contributed by atoms with Crippen LogP contribution in [0.2, 0.25) is 0 Å². The molecular weight excluding hydrogens is 302 g/mol. The lowest BCUT2D eigenvalue weighted by molar-refractivity contribution is 0.0929. The Balaban J connectivity index is 1.34. The summed E-state index contributed by atoms with van der Waals surface area (Å²) in [5.74, 6) is -0.109.